The predicted molar refractivity (Wildman–Crippen MR) is 121 cm³/mol. The number of rotatable bonds is 6. The van der Waals surface area contributed by atoms with E-state index in [2.05, 4.69) is 0 Å². The molecule has 33 heavy (non-hydrogen) atoms. The molecule has 4 rings (SSSR count). The van der Waals surface area contributed by atoms with Gasteiger partial charge in [0.15, 0.2) is 0 Å². The standard InChI is InChI=1S/C19H20N8O6/c1-22-14-6-10(20)13(27(32)33)9-17(14)25(18(22)28)5-3-4-24-16-7-11(21)12(26(30)31)8-15(16)23(2)19(24)29/h6-9H,3-5,20-21H2,1-2H3. The number of anilines is 2. The molecule has 0 bridgehead atoms. The molecule has 172 valence electrons. The fourth-order valence-corrected chi connectivity index (χ4v) is 4.04. The van der Waals surface area contributed by atoms with Crippen molar-refractivity contribution in [3.8, 4) is 0 Å². The molecule has 0 fully saturated rings. The van der Waals surface area contributed by atoms with Crippen LogP contribution in [0.1, 0.15) is 6.42 Å². The Morgan fingerprint density at radius 1 is 0.727 bits per heavy atom. The van der Waals surface area contributed by atoms with Crippen LogP contribution in [-0.2, 0) is 27.2 Å². The minimum Gasteiger partial charge on any atom is -0.393 e. The quantitative estimate of drug-likeness (QED) is 0.244. The molecule has 14 heteroatoms. The average Bonchev–Trinajstić information content (AvgIpc) is 3.12. The zero-order chi connectivity index (χ0) is 24.2. The molecule has 0 radical (unpaired) electrons. The van der Waals surface area contributed by atoms with Crippen molar-refractivity contribution in [2.24, 2.45) is 14.1 Å². The van der Waals surface area contributed by atoms with Gasteiger partial charge in [0, 0.05) is 39.3 Å². The highest BCUT2D eigenvalue weighted by atomic mass is 16.6. The van der Waals surface area contributed by atoms with Crippen LogP contribution in [0.15, 0.2) is 33.9 Å². The summed E-state index contributed by atoms with van der Waals surface area (Å²) < 4.78 is 5.44. The van der Waals surface area contributed by atoms with E-state index in [1.807, 2.05) is 0 Å². The Bertz CT molecular complexity index is 1590. The lowest BCUT2D eigenvalue weighted by Crippen LogP contribution is -2.25. The Hall–Kier alpha value is -4.62. The van der Waals surface area contributed by atoms with Crippen molar-refractivity contribution < 1.29 is 9.85 Å². The Morgan fingerprint density at radius 2 is 1.09 bits per heavy atom. The third kappa shape index (κ3) is 3.28. The lowest BCUT2D eigenvalue weighted by atomic mass is 10.2. The maximum atomic E-state index is 12.7. The molecular formula is C19H20N8O6. The number of nitrogens with two attached hydrogens (primary N) is 2. The van der Waals surface area contributed by atoms with Crippen LogP contribution in [0.25, 0.3) is 22.1 Å². The summed E-state index contributed by atoms with van der Waals surface area (Å²) in [6.07, 6.45) is 0.326. The van der Waals surface area contributed by atoms with E-state index in [9.17, 15) is 29.8 Å². The molecule has 0 spiro atoms. The van der Waals surface area contributed by atoms with E-state index >= 15 is 0 Å². The highest BCUT2D eigenvalue weighted by molar-refractivity contribution is 5.86. The largest absolute Gasteiger partial charge is 0.393 e. The minimum atomic E-state index is -0.616. The second-order valence-electron chi connectivity index (χ2n) is 7.65. The van der Waals surface area contributed by atoms with Gasteiger partial charge in [0.25, 0.3) is 11.4 Å². The first-order valence-electron chi connectivity index (χ1n) is 9.79. The first-order chi connectivity index (χ1) is 15.5. The first kappa shape index (κ1) is 21.6. The van der Waals surface area contributed by atoms with Crippen LogP contribution in [-0.4, -0.2) is 28.1 Å². The molecule has 0 aliphatic heterocycles. The molecule has 2 aromatic heterocycles. The van der Waals surface area contributed by atoms with E-state index in [1.54, 1.807) is 0 Å². The van der Waals surface area contributed by atoms with Gasteiger partial charge >= 0.3 is 11.4 Å². The summed E-state index contributed by atoms with van der Waals surface area (Å²) in [4.78, 5) is 46.6. The molecular weight excluding hydrogens is 436 g/mol. The van der Waals surface area contributed by atoms with Gasteiger partial charge in [-0.1, -0.05) is 0 Å². The monoisotopic (exact) mass is 456 g/mol. The zero-order valence-electron chi connectivity index (χ0n) is 17.7. The number of imidazole rings is 2. The Labute approximate surface area is 184 Å². The smallest absolute Gasteiger partial charge is 0.328 e. The average molecular weight is 456 g/mol. The highest BCUT2D eigenvalue weighted by Crippen LogP contribution is 2.28. The van der Waals surface area contributed by atoms with E-state index in [4.69, 9.17) is 11.5 Å². The molecule has 0 atom stereocenters. The van der Waals surface area contributed by atoms with E-state index in [0.29, 0.717) is 28.5 Å². The normalized spacial score (nSPS) is 11.5. The molecule has 4 N–H and O–H groups in total. The van der Waals surface area contributed by atoms with Gasteiger partial charge in [-0.15, -0.1) is 0 Å². The van der Waals surface area contributed by atoms with Gasteiger partial charge in [0.05, 0.1) is 31.9 Å². The molecule has 0 aliphatic rings. The number of nitrogen functional groups attached to an aromatic ring is 2. The number of nitrogens with zero attached hydrogens (tertiary/aromatic N) is 6. The van der Waals surface area contributed by atoms with Crippen LogP contribution in [0.2, 0.25) is 0 Å². The van der Waals surface area contributed by atoms with Crippen LogP contribution in [0.4, 0.5) is 22.7 Å². The topological polar surface area (TPSA) is 192 Å². The van der Waals surface area contributed by atoms with Crippen molar-refractivity contribution in [1.82, 2.24) is 18.3 Å². The third-order valence-corrected chi connectivity index (χ3v) is 5.74. The third-order valence-electron chi connectivity index (χ3n) is 5.74. The van der Waals surface area contributed by atoms with Crippen LogP contribution < -0.4 is 22.8 Å². The minimum absolute atomic E-state index is 0.0470. The molecule has 0 amide bonds. The van der Waals surface area contributed by atoms with Crippen molar-refractivity contribution in [3.05, 3.63) is 65.5 Å². The number of benzene rings is 2. The lowest BCUT2D eigenvalue weighted by Gasteiger charge is -2.06. The van der Waals surface area contributed by atoms with E-state index in [0.717, 1.165) is 0 Å². The van der Waals surface area contributed by atoms with Crippen molar-refractivity contribution in [2.45, 2.75) is 19.5 Å². The summed E-state index contributed by atoms with van der Waals surface area (Å²) in [5.74, 6) is 0. The summed E-state index contributed by atoms with van der Waals surface area (Å²) >= 11 is 0. The maximum absolute atomic E-state index is 12.7. The number of hydrogen-bond donors (Lipinski definition) is 2. The Kier molecular flexibility index (Phi) is 4.92. The van der Waals surface area contributed by atoms with Crippen molar-refractivity contribution >= 4 is 44.8 Å². The number of aromatic nitrogens is 4. The van der Waals surface area contributed by atoms with Crippen LogP contribution in [0.5, 0.6) is 0 Å². The van der Waals surface area contributed by atoms with Gasteiger partial charge in [-0.05, 0) is 18.6 Å². The van der Waals surface area contributed by atoms with Gasteiger partial charge in [-0.2, -0.15) is 0 Å². The molecule has 0 unspecified atom stereocenters. The van der Waals surface area contributed by atoms with Crippen LogP contribution in [0.3, 0.4) is 0 Å². The first-order valence-corrected chi connectivity index (χ1v) is 9.79. The number of nitro groups is 2. The van der Waals surface area contributed by atoms with Crippen molar-refractivity contribution in [3.63, 3.8) is 0 Å². The number of fused-ring (bicyclic) bond motifs is 2. The van der Waals surface area contributed by atoms with Crippen LogP contribution in [0, 0.1) is 20.2 Å². The summed E-state index contributed by atoms with van der Waals surface area (Å²) in [5, 5.41) is 22.4. The summed E-state index contributed by atoms with van der Waals surface area (Å²) in [6, 6.07) is 5.28. The van der Waals surface area contributed by atoms with E-state index < -0.39 is 15.5 Å². The van der Waals surface area contributed by atoms with Gasteiger partial charge < -0.3 is 11.5 Å². The predicted octanol–water partition coefficient (Wildman–Crippen LogP) is 1.06. The fraction of sp³-hybridized carbons (Fsp3) is 0.263. The molecule has 0 aliphatic carbocycles. The van der Waals surface area contributed by atoms with Crippen molar-refractivity contribution in [2.75, 3.05) is 11.5 Å². The molecule has 14 nitrogen and oxygen atoms in total. The molecule has 2 aromatic carbocycles. The van der Waals surface area contributed by atoms with Crippen molar-refractivity contribution in [1.29, 1.82) is 0 Å². The molecule has 4 aromatic rings. The molecule has 0 saturated heterocycles. The molecule has 2 heterocycles. The maximum Gasteiger partial charge on any atom is 0.328 e. The second-order valence-corrected chi connectivity index (χ2v) is 7.65. The fourth-order valence-electron chi connectivity index (χ4n) is 4.04. The van der Waals surface area contributed by atoms with Gasteiger partial charge in [-0.3, -0.25) is 38.5 Å². The van der Waals surface area contributed by atoms with Gasteiger partial charge in [-0.25, -0.2) is 9.59 Å². The second kappa shape index (κ2) is 7.51. The van der Waals surface area contributed by atoms with Gasteiger partial charge in [0.1, 0.15) is 11.4 Å². The number of hydrogen-bond acceptors (Lipinski definition) is 8. The summed E-state index contributed by atoms with van der Waals surface area (Å²) in [5.41, 5.74) is 11.6. The van der Waals surface area contributed by atoms with Crippen LogP contribution >= 0.6 is 0 Å². The van der Waals surface area contributed by atoms with E-state index in [-0.39, 0.29) is 41.5 Å². The van der Waals surface area contributed by atoms with E-state index in [1.165, 1.54) is 56.6 Å². The Balaban J connectivity index is 1.71. The lowest BCUT2D eigenvalue weighted by molar-refractivity contribution is -0.383. The highest BCUT2D eigenvalue weighted by Gasteiger charge is 2.21. The number of nitro benzene ring substituents is 2. The molecule has 0 saturated carbocycles. The summed E-state index contributed by atoms with van der Waals surface area (Å²) in [7, 11) is 3.04. The Morgan fingerprint density at radius 3 is 1.55 bits per heavy atom. The SMILES string of the molecule is Cn1c(=O)n(CCCn2c(=O)n(C)c3cc(N)c([N+](=O)[O-])cc32)c2cc(N)c([N+](=O)[O-])cc21. The summed E-state index contributed by atoms with van der Waals surface area (Å²) in [6.45, 7) is 0.357. The number of aryl methyl sites for hydroxylation is 4. The van der Waals surface area contributed by atoms with Gasteiger partial charge in [0.2, 0.25) is 0 Å². The zero-order valence-corrected chi connectivity index (χ0v) is 17.7.